The van der Waals surface area contributed by atoms with E-state index in [1.165, 1.54) is 11.9 Å². The first kappa shape index (κ1) is 20.6. The summed E-state index contributed by atoms with van der Waals surface area (Å²) in [5.74, 6) is 0. The van der Waals surface area contributed by atoms with E-state index in [0.717, 1.165) is 50.9 Å². The third kappa shape index (κ3) is 5.40. The van der Waals surface area contributed by atoms with Gasteiger partial charge >= 0.3 is 0 Å². The van der Waals surface area contributed by atoms with Gasteiger partial charge in [0.15, 0.2) is 0 Å². The lowest BCUT2D eigenvalue weighted by Crippen LogP contribution is -2.46. The number of sulfonamides is 1. The lowest BCUT2D eigenvalue weighted by Gasteiger charge is -2.34. The number of aromatic nitrogens is 2. The number of rotatable bonds is 6. The SMILES string of the molecule is CCc1cc2n(n1)[C@@H](COC1CCNCC1)[C@@H](NS(C)(=O)=O)CC2.Cl. The van der Waals surface area contributed by atoms with Gasteiger partial charge in [-0.3, -0.25) is 4.68 Å². The second kappa shape index (κ2) is 8.81. The van der Waals surface area contributed by atoms with Crippen LogP contribution in [-0.4, -0.2) is 56.3 Å². The molecule has 0 bridgehead atoms. The molecule has 1 aromatic heterocycles. The molecule has 2 atom stereocenters. The van der Waals surface area contributed by atoms with Crippen LogP contribution < -0.4 is 10.0 Å². The van der Waals surface area contributed by atoms with E-state index < -0.39 is 10.0 Å². The molecule has 3 heterocycles. The molecule has 144 valence electrons. The smallest absolute Gasteiger partial charge is 0.209 e. The van der Waals surface area contributed by atoms with Crippen LogP contribution in [0.5, 0.6) is 0 Å². The average Bonchev–Trinajstić information content (AvgIpc) is 2.97. The highest BCUT2D eigenvalue weighted by Crippen LogP contribution is 2.27. The van der Waals surface area contributed by atoms with Crippen molar-refractivity contribution in [3.05, 3.63) is 17.5 Å². The van der Waals surface area contributed by atoms with E-state index >= 15 is 0 Å². The molecule has 1 saturated heterocycles. The van der Waals surface area contributed by atoms with Gasteiger partial charge < -0.3 is 10.1 Å². The minimum atomic E-state index is -3.26. The van der Waals surface area contributed by atoms with Gasteiger partial charge in [0.2, 0.25) is 10.0 Å². The van der Waals surface area contributed by atoms with E-state index in [4.69, 9.17) is 4.74 Å². The zero-order chi connectivity index (χ0) is 17.2. The van der Waals surface area contributed by atoms with Crippen molar-refractivity contribution < 1.29 is 13.2 Å². The van der Waals surface area contributed by atoms with Crippen LogP contribution >= 0.6 is 12.4 Å². The highest BCUT2D eigenvalue weighted by Gasteiger charge is 2.33. The Labute approximate surface area is 156 Å². The van der Waals surface area contributed by atoms with Crippen molar-refractivity contribution in [2.24, 2.45) is 0 Å². The third-order valence-electron chi connectivity index (χ3n) is 4.87. The molecule has 7 nitrogen and oxygen atoms in total. The molecular weight excluding hydrogens is 364 g/mol. The number of nitrogens with one attached hydrogen (secondary N) is 2. The van der Waals surface area contributed by atoms with Crippen molar-refractivity contribution >= 4 is 22.4 Å². The summed E-state index contributed by atoms with van der Waals surface area (Å²) in [4.78, 5) is 0. The molecule has 25 heavy (non-hydrogen) atoms. The Morgan fingerprint density at radius 2 is 2.08 bits per heavy atom. The zero-order valence-electron chi connectivity index (χ0n) is 14.9. The second-order valence-electron chi connectivity index (χ2n) is 6.81. The Balaban J connectivity index is 0.00000225. The van der Waals surface area contributed by atoms with Crippen LogP contribution in [0.1, 0.15) is 43.6 Å². The lowest BCUT2D eigenvalue weighted by molar-refractivity contribution is 0.00304. The highest BCUT2D eigenvalue weighted by molar-refractivity contribution is 7.88. The molecular formula is C16H29ClN4O3S. The van der Waals surface area contributed by atoms with Gasteiger partial charge in [-0.2, -0.15) is 5.10 Å². The minimum Gasteiger partial charge on any atom is -0.376 e. The fourth-order valence-electron chi connectivity index (χ4n) is 3.60. The maximum absolute atomic E-state index is 11.7. The highest BCUT2D eigenvalue weighted by atomic mass is 35.5. The van der Waals surface area contributed by atoms with Crippen LogP contribution in [0.25, 0.3) is 0 Å². The van der Waals surface area contributed by atoms with Crippen LogP contribution in [0.3, 0.4) is 0 Å². The van der Waals surface area contributed by atoms with Crippen molar-refractivity contribution in [3.8, 4) is 0 Å². The number of halogens is 1. The second-order valence-corrected chi connectivity index (χ2v) is 8.59. The van der Waals surface area contributed by atoms with Crippen molar-refractivity contribution in [1.29, 1.82) is 0 Å². The average molecular weight is 393 g/mol. The van der Waals surface area contributed by atoms with Gasteiger partial charge in [0.1, 0.15) is 0 Å². The van der Waals surface area contributed by atoms with E-state index in [0.29, 0.717) is 6.61 Å². The van der Waals surface area contributed by atoms with Crippen molar-refractivity contribution in [2.75, 3.05) is 26.0 Å². The van der Waals surface area contributed by atoms with Gasteiger partial charge in [-0.1, -0.05) is 6.92 Å². The summed E-state index contributed by atoms with van der Waals surface area (Å²) in [5, 5.41) is 8.01. The third-order valence-corrected chi connectivity index (χ3v) is 5.60. The number of ether oxygens (including phenoxy) is 1. The monoisotopic (exact) mass is 392 g/mol. The van der Waals surface area contributed by atoms with E-state index in [2.05, 4.69) is 28.1 Å². The van der Waals surface area contributed by atoms with Crippen LogP contribution in [0.15, 0.2) is 6.07 Å². The number of nitrogens with zero attached hydrogens (tertiary/aromatic N) is 2. The fraction of sp³-hybridized carbons (Fsp3) is 0.812. The Morgan fingerprint density at radius 3 is 2.72 bits per heavy atom. The Hall–Kier alpha value is -0.670. The van der Waals surface area contributed by atoms with Gasteiger partial charge in [-0.25, -0.2) is 13.1 Å². The van der Waals surface area contributed by atoms with Gasteiger partial charge in [0.25, 0.3) is 0 Å². The molecule has 0 aliphatic carbocycles. The van der Waals surface area contributed by atoms with Crippen molar-refractivity contribution in [1.82, 2.24) is 19.8 Å². The standard InChI is InChI=1S/C16H28N4O3S.ClH/c1-3-12-10-13-4-5-15(19-24(2,21)22)16(20(13)18-12)11-23-14-6-8-17-9-7-14;/h10,14-17,19H,3-9,11H2,1-2H3;1H/t15-,16-;/m0./s1. The topological polar surface area (TPSA) is 85.2 Å². The van der Waals surface area contributed by atoms with Crippen LogP contribution in [0.4, 0.5) is 0 Å². The minimum absolute atomic E-state index is 0. The van der Waals surface area contributed by atoms with Crippen LogP contribution in [0.2, 0.25) is 0 Å². The molecule has 0 aromatic carbocycles. The van der Waals surface area contributed by atoms with E-state index in [1.807, 2.05) is 4.68 Å². The number of piperidine rings is 1. The summed E-state index contributed by atoms with van der Waals surface area (Å²) >= 11 is 0. The summed E-state index contributed by atoms with van der Waals surface area (Å²) in [6, 6.07) is 1.88. The molecule has 3 rings (SSSR count). The summed E-state index contributed by atoms with van der Waals surface area (Å²) < 4.78 is 34.4. The first-order valence-electron chi connectivity index (χ1n) is 8.83. The molecule has 2 aliphatic heterocycles. The largest absolute Gasteiger partial charge is 0.376 e. The summed E-state index contributed by atoms with van der Waals surface area (Å²) in [7, 11) is -3.26. The van der Waals surface area contributed by atoms with Gasteiger partial charge in [-0.15, -0.1) is 12.4 Å². The summed E-state index contributed by atoms with van der Waals surface area (Å²) in [6.45, 7) is 4.54. The van der Waals surface area contributed by atoms with Crippen molar-refractivity contribution in [3.63, 3.8) is 0 Å². The molecule has 0 spiro atoms. The maximum atomic E-state index is 11.7. The lowest BCUT2D eigenvalue weighted by atomic mass is 9.98. The number of hydrogen-bond acceptors (Lipinski definition) is 5. The first-order chi connectivity index (χ1) is 11.5. The number of hydrogen-bond donors (Lipinski definition) is 2. The molecule has 0 radical (unpaired) electrons. The quantitative estimate of drug-likeness (QED) is 0.755. The van der Waals surface area contributed by atoms with Gasteiger partial charge in [0, 0.05) is 11.7 Å². The molecule has 0 saturated carbocycles. The van der Waals surface area contributed by atoms with Crippen LogP contribution in [-0.2, 0) is 27.6 Å². The first-order valence-corrected chi connectivity index (χ1v) is 10.7. The van der Waals surface area contributed by atoms with Crippen molar-refractivity contribution in [2.45, 2.75) is 57.2 Å². The van der Waals surface area contributed by atoms with Gasteiger partial charge in [-0.05, 0) is 51.3 Å². The van der Waals surface area contributed by atoms with Crippen LogP contribution in [0, 0.1) is 0 Å². The summed E-state index contributed by atoms with van der Waals surface area (Å²) in [5.41, 5.74) is 2.23. The fourth-order valence-corrected chi connectivity index (χ4v) is 4.42. The zero-order valence-corrected chi connectivity index (χ0v) is 16.5. The molecule has 1 fully saturated rings. The van der Waals surface area contributed by atoms with Gasteiger partial charge in [0.05, 0.1) is 30.7 Å². The molecule has 2 aliphatic rings. The predicted molar refractivity (Wildman–Crippen MR) is 99.8 cm³/mol. The molecule has 1 aromatic rings. The summed E-state index contributed by atoms with van der Waals surface area (Å²) in [6.07, 6.45) is 5.97. The Bertz CT molecular complexity index is 658. The Morgan fingerprint density at radius 1 is 1.36 bits per heavy atom. The molecule has 2 N–H and O–H groups in total. The number of aryl methyl sites for hydroxylation is 2. The Kier molecular flexibility index (Phi) is 7.28. The predicted octanol–water partition coefficient (Wildman–Crippen LogP) is 1.04. The van der Waals surface area contributed by atoms with E-state index in [-0.39, 0.29) is 30.6 Å². The number of fused-ring (bicyclic) bond motifs is 1. The normalized spacial score (nSPS) is 24.6. The maximum Gasteiger partial charge on any atom is 0.209 e. The molecule has 0 amide bonds. The molecule has 9 heteroatoms. The van der Waals surface area contributed by atoms with E-state index in [9.17, 15) is 8.42 Å². The van der Waals surface area contributed by atoms with E-state index in [1.54, 1.807) is 0 Å². The molecule has 0 unspecified atom stereocenters.